The number of carboxylic acid groups (broad SMARTS) is 1. The van der Waals surface area contributed by atoms with Crippen molar-refractivity contribution in [3.63, 3.8) is 0 Å². The maximum atomic E-state index is 10.5. The Morgan fingerprint density at radius 2 is 2.50 bits per heavy atom. The number of rotatable bonds is 2. The van der Waals surface area contributed by atoms with Gasteiger partial charge >= 0.3 is 5.97 Å². The van der Waals surface area contributed by atoms with E-state index in [1.807, 2.05) is 6.92 Å². The Balaban J connectivity index is 3.08. The molecule has 0 aliphatic heterocycles. The summed E-state index contributed by atoms with van der Waals surface area (Å²) in [6.07, 6.45) is 1.45. The van der Waals surface area contributed by atoms with Gasteiger partial charge in [-0.2, -0.15) is 5.10 Å². The second-order valence-corrected chi connectivity index (χ2v) is 3.33. The molecule has 0 aliphatic rings. The molecule has 4 nitrogen and oxygen atoms in total. The smallest absolute Gasteiger partial charge is 0.345 e. The molecule has 1 rings (SSSR count). The fourth-order valence-electron chi connectivity index (χ4n) is 0.797. The molecule has 0 aliphatic carbocycles. The number of nitrogens with zero attached hydrogens (tertiary/aromatic N) is 1. The monoisotopic (exact) mass is 184 g/mol. The Bertz CT molecular complexity index is 330. The Morgan fingerprint density at radius 3 is 2.92 bits per heavy atom. The molecule has 0 saturated carbocycles. The standard InChI is InChI=1S/C7H8N2O2S/c1-4-2-5(7(10)11)12-6(4)3-9-8/h2-3H,8H2,1H3,(H,10,11)/b9-3+. The minimum atomic E-state index is -0.917. The maximum absolute atomic E-state index is 10.5. The number of carboxylic acids is 1. The van der Waals surface area contributed by atoms with E-state index >= 15 is 0 Å². The van der Waals surface area contributed by atoms with Gasteiger partial charge in [-0.05, 0) is 18.6 Å². The van der Waals surface area contributed by atoms with Gasteiger partial charge in [0, 0.05) is 0 Å². The molecule has 0 amide bonds. The summed E-state index contributed by atoms with van der Waals surface area (Å²) in [6.45, 7) is 1.82. The van der Waals surface area contributed by atoms with Crippen molar-refractivity contribution in [1.82, 2.24) is 0 Å². The zero-order chi connectivity index (χ0) is 9.14. The lowest BCUT2D eigenvalue weighted by Gasteiger charge is -1.83. The van der Waals surface area contributed by atoms with Gasteiger partial charge in [0.15, 0.2) is 0 Å². The SMILES string of the molecule is Cc1cc(C(=O)O)sc1/C=N/N. The zero-order valence-corrected chi connectivity index (χ0v) is 7.26. The molecule has 64 valence electrons. The molecule has 0 aromatic carbocycles. The molecule has 0 radical (unpaired) electrons. The van der Waals surface area contributed by atoms with Gasteiger partial charge in [-0.3, -0.25) is 0 Å². The second-order valence-electron chi connectivity index (χ2n) is 2.24. The van der Waals surface area contributed by atoms with Crippen molar-refractivity contribution in [2.75, 3.05) is 0 Å². The third kappa shape index (κ3) is 1.62. The molecule has 1 heterocycles. The average Bonchev–Trinajstić information content (AvgIpc) is 2.34. The van der Waals surface area contributed by atoms with Crippen molar-refractivity contribution in [2.24, 2.45) is 10.9 Å². The minimum Gasteiger partial charge on any atom is -0.477 e. The summed E-state index contributed by atoms with van der Waals surface area (Å²) in [6, 6.07) is 1.60. The summed E-state index contributed by atoms with van der Waals surface area (Å²) < 4.78 is 0. The molecule has 0 saturated heterocycles. The lowest BCUT2D eigenvalue weighted by atomic mass is 10.3. The Hall–Kier alpha value is -1.36. The Morgan fingerprint density at radius 1 is 1.83 bits per heavy atom. The Kier molecular flexibility index (Phi) is 2.44. The first-order valence-electron chi connectivity index (χ1n) is 3.22. The number of hydrogen-bond acceptors (Lipinski definition) is 4. The van der Waals surface area contributed by atoms with Gasteiger partial charge in [0.25, 0.3) is 0 Å². The van der Waals surface area contributed by atoms with Crippen LogP contribution in [-0.2, 0) is 0 Å². The summed E-state index contributed by atoms with van der Waals surface area (Å²) in [7, 11) is 0. The van der Waals surface area contributed by atoms with Crippen molar-refractivity contribution >= 4 is 23.5 Å². The van der Waals surface area contributed by atoms with Crippen LogP contribution in [0.25, 0.3) is 0 Å². The summed E-state index contributed by atoms with van der Waals surface area (Å²) in [5.74, 6) is 4.03. The van der Waals surface area contributed by atoms with Gasteiger partial charge in [-0.25, -0.2) is 4.79 Å². The van der Waals surface area contributed by atoms with Crippen LogP contribution in [0, 0.1) is 6.92 Å². The van der Waals surface area contributed by atoms with Crippen molar-refractivity contribution in [2.45, 2.75) is 6.92 Å². The topological polar surface area (TPSA) is 75.7 Å². The number of thiophene rings is 1. The summed E-state index contributed by atoms with van der Waals surface area (Å²) in [5.41, 5.74) is 0.881. The van der Waals surface area contributed by atoms with E-state index < -0.39 is 5.97 Å². The fourth-order valence-corrected chi connectivity index (χ4v) is 1.69. The molecule has 0 atom stereocenters. The molecule has 1 aromatic rings. The van der Waals surface area contributed by atoms with Crippen LogP contribution in [0.4, 0.5) is 0 Å². The highest BCUT2D eigenvalue weighted by Gasteiger charge is 2.08. The maximum Gasteiger partial charge on any atom is 0.345 e. The van der Waals surface area contributed by atoms with Crippen molar-refractivity contribution < 1.29 is 9.90 Å². The van der Waals surface area contributed by atoms with Crippen molar-refractivity contribution in [3.8, 4) is 0 Å². The van der Waals surface area contributed by atoms with E-state index in [0.29, 0.717) is 4.88 Å². The summed E-state index contributed by atoms with van der Waals surface area (Å²) in [4.78, 5) is 11.6. The number of aryl methyl sites for hydroxylation is 1. The van der Waals surface area contributed by atoms with E-state index in [1.54, 1.807) is 6.07 Å². The molecule has 3 N–H and O–H groups in total. The zero-order valence-electron chi connectivity index (χ0n) is 6.44. The molecule has 0 spiro atoms. The van der Waals surface area contributed by atoms with Crippen LogP contribution in [0.3, 0.4) is 0 Å². The van der Waals surface area contributed by atoms with Crippen LogP contribution in [0.2, 0.25) is 0 Å². The third-order valence-corrected chi connectivity index (χ3v) is 2.52. The highest BCUT2D eigenvalue weighted by Crippen LogP contribution is 2.19. The lowest BCUT2D eigenvalue weighted by molar-refractivity contribution is 0.0702. The number of hydrazone groups is 1. The first-order valence-corrected chi connectivity index (χ1v) is 4.03. The molecular weight excluding hydrogens is 176 g/mol. The van der Waals surface area contributed by atoms with E-state index in [-0.39, 0.29) is 0 Å². The second kappa shape index (κ2) is 3.36. The number of aromatic carboxylic acids is 1. The Labute approximate surface area is 73.3 Å². The van der Waals surface area contributed by atoms with Crippen LogP contribution in [-0.4, -0.2) is 17.3 Å². The van der Waals surface area contributed by atoms with Gasteiger partial charge in [0.05, 0.1) is 11.1 Å². The van der Waals surface area contributed by atoms with Gasteiger partial charge in [-0.15, -0.1) is 11.3 Å². The largest absolute Gasteiger partial charge is 0.477 e. The predicted molar refractivity (Wildman–Crippen MR) is 47.8 cm³/mol. The van der Waals surface area contributed by atoms with E-state index in [4.69, 9.17) is 10.9 Å². The van der Waals surface area contributed by atoms with E-state index in [0.717, 1.165) is 21.8 Å². The van der Waals surface area contributed by atoms with Gasteiger partial charge < -0.3 is 10.9 Å². The van der Waals surface area contributed by atoms with Crippen LogP contribution in [0.1, 0.15) is 20.1 Å². The quantitative estimate of drug-likeness (QED) is 0.409. The molecule has 1 aromatic heterocycles. The minimum absolute atomic E-state index is 0.308. The highest BCUT2D eigenvalue weighted by atomic mass is 32.1. The molecule has 5 heteroatoms. The lowest BCUT2D eigenvalue weighted by Crippen LogP contribution is -1.89. The van der Waals surface area contributed by atoms with Crippen molar-refractivity contribution in [1.29, 1.82) is 0 Å². The molecule has 0 fully saturated rings. The van der Waals surface area contributed by atoms with E-state index in [9.17, 15) is 4.79 Å². The normalized spacial score (nSPS) is 10.8. The number of hydrogen-bond donors (Lipinski definition) is 2. The van der Waals surface area contributed by atoms with Crippen LogP contribution in [0.15, 0.2) is 11.2 Å². The third-order valence-electron chi connectivity index (χ3n) is 1.36. The average molecular weight is 184 g/mol. The first-order chi connectivity index (χ1) is 5.65. The predicted octanol–water partition coefficient (Wildman–Crippen LogP) is 1.05. The van der Waals surface area contributed by atoms with Gasteiger partial charge in [0.1, 0.15) is 4.88 Å². The van der Waals surface area contributed by atoms with Gasteiger partial charge in [-0.1, -0.05) is 0 Å². The van der Waals surface area contributed by atoms with Crippen LogP contribution in [0.5, 0.6) is 0 Å². The summed E-state index contributed by atoms with van der Waals surface area (Å²) in [5, 5.41) is 12.0. The van der Waals surface area contributed by atoms with Crippen molar-refractivity contribution in [3.05, 3.63) is 21.4 Å². The van der Waals surface area contributed by atoms with Gasteiger partial charge in [0.2, 0.25) is 0 Å². The molecule has 0 unspecified atom stereocenters. The molecule has 12 heavy (non-hydrogen) atoms. The molecule has 0 bridgehead atoms. The first kappa shape index (κ1) is 8.73. The van der Waals surface area contributed by atoms with Crippen LogP contribution < -0.4 is 5.84 Å². The summed E-state index contributed by atoms with van der Waals surface area (Å²) >= 11 is 1.16. The number of carbonyl (C=O) groups is 1. The van der Waals surface area contributed by atoms with E-state index in [2.05, 4.69) is 5.10 Å². The fraction of sp³-hybridized carbons (Fsp3) is 0.143. The molecular formula is C7H8N2O2S. The van der Waals surface area contributed by atoms with E-state index in [1.165, 1.54) is 6.21 Å². The number of nitrogens with two attached hydrogens (primary N) is 1. The highest BCUT2D eigenvalue weighted by molar-refractivity contribution is 7.15. The van der Waals surface area contributed by atoms with Crippen LogP contribution >= 0.6 is 11.3 Å².